The van der Waals surface area contributed by atoms with Gasteiger partial charge in [0.2, 0.25) is 5.91 Å². The van der Waals surface area contributed by atoms with Crippen molar-refractivity contribution in [1.29, 1.82) is 0 Å². The molecule has 3 atom stereocenters. The Balaban J connectivity index is 1.90. The fourth-order valence-corrected chi connectivity index (χ4v) is 2.42. The Bertz CT molecular complexity index is 473. The Hall–Kier alpha value is -1.59. The Kier molecular flexibility index (Phi) is 5.20. The van der Waals surface area contributed by atoms with Gasteiger partial charge in [0, 0.05) is 6.54 Å². The average molecular weight is 292 g/mol. The van der Waals surface area contributed by atoms with Gasteiger partial charge in [-0.25, -0.2) is 0 Å². The SMILES string of the molecule is CC(C)Oc1ccc([C@H](C)NC(=O)[C@H]2C[C@H](O)CN2)cc1. The quantitative estimate of drug-likeness (QED) is 0.766. The lowest BCUT2D eigenvalue weighted by atomic mass is 10.1. The van der Waals surface area contributed by atoms with Gasteiger partial charge in [0.15, 0.2) is 0 Å². The van der Waals surface area contributed by atoms with Gasteiger partial charge in [-0.15, -0.1) is 0 Å². The number of aliphatic hydroxyl groups excluding tert-OH is 1. The summed E-state index contributed by atoms with van der Waals surface area (Å²) in [4.78, 5) is 12.1. The van der Waals surface area contributed by atoms with E-state index in [1.54, 1.807) is 0 Å². The standard InChI is InChI=1S/C16H24N2O3/c1-10(2)21-14-6-4-12(5-7-14)11(3)18-16(20)15-8-13(19)9-17-15/h4-7,10-11,13,15,17,19H,8-9H2,1-3H3,(H,18,20)/t11-,13-,15+/m0/s1. The van der Waals surface area contributed by atoms with E-state index in [1.165, 1.54) is 0 Å². The zero-order chi connectivity index (χ0) is 15.4. The zero-order valence-corrected chi connectivity index (χ0v) is 12.8. The molecule has 0 aromatic heterocycles. The van der Waals surface area contributed by atoms with Crippen LogP contribution in [-0.4, -0.2) is 35.8 Å². The highest BCUT2D eigenvalue weighted by Gasteiger charge is 2.28. The lowest BCUT2D eigenvalue weighted by molar-refractivity contribution is -0.123. The van der Waals surface area contributed by atoms with Gasteiger partial charge >= 0.3 is 0 Å². The highest BCUT2D eigenvalue weighted by molar-refractivity contribution is 5.82. The molecule has 1 aliphatic rings. The van der Waals surface area contributed by atoms with Crippen LogP contribution in [-0.2, 0) is 4.79 Å². The molecule has 0 bridgehead atoms. The minimum absolute atomic E-state index is 0.0680. The van der Waals surface area contributed by atoms with E-state index in [0.29, 0.717) is 13.0 Å². The number of carbonyl (C=O) groups is 1. The van der Waals surface area contributed by atoms with Crippen LogP contribution >= 0.6 is 0 Å². The predicted molar refractivity (Wildman–Crippen MR) is 81.2 cm³/mol. The normalized spacial score (nSPS) is 23.1. The third kappa shape index (κ3) is 4.44. The second kappa shape index (κ2) is 6.91. The number of aliphatic hydroxyl groups is 1. The molecule has 116 valence electrons. The van der Waals surface area contributed by atoms with Gasteiger partial charge < -0.3 is 20.5 Å². The van der Waals surface area contributed by atoms with Crippen molar-refractivity contribution in [1.82, 2.24) is 10.6 Å². The average Bonchev–Trinajstić information content (AvgIpc) is 2.85. The predicted octanol–water partition coefficient (Wildman–Crippen LogP) is 1.37. The molecular weight excluding hydrogens is 268 g/mol. The highest BCUT2D eigenvalue weighted by atomic mass is 16.5. The van der Waals surface area contributed by atoms with Gasteiger partial charge in [0.25, 0.3) is 0 Å². The molecule has 5 nitrogen and oxygen atoms in total. The fraction of sp³-hybridized carbons (Fsp3) is 0.562. The number of benzene rings is 1. The maximum atomic E-state index is 12.1. The summed E-state index contributed by atoms with van der Waals surface area (Å²) < 4.78 is 5.60. The summed E-state index contributed by atoms with van der Waals surface area (Å²) in [5, 5.41) is 15.4. The molecule has 1 fully saturated rings. The van der Waals surface area contributed by atoms with Crippen LogP contribution in [0, 0.1) is 0 Å². The minimum atomic E-state index is -0.427. The number of hydrogen-bond acceptors (Lipinski definition) is 4. The first-order chi connectivity index (χ1) is 9.95. The Morgan fingerprint density at radius 1 is 1.33 bits per heavy atom. The van der Waals surface area contributed by atoms with Crippen molar-refractivity contribution >= 4 is 5.91 Å². The van der Waals surface area contributed by atoms with Crippen LogP contribution < -0.4 is 15.4 Å². The number of carbonyl (C=O) groups excluding carboxylic acids is 1. The van der Waals surface area contributed by atoms with Gasteiger partial charge in [-0.2, -0.15) is 0 Å². The minimum Gasteiger partial charge on any atom is -0.491 e. The van der Waals surface area contributed by atoms with Crippen LogP contribution in [0.4, 0.5) is 0 Å². The van der Waals surface area contributed by atoms with Crippen LogP contribution in [0.2, 0.25) is 0 Å². The molecule has 0 unspecified atom stereocenters. The second-order valence-corrected chi connectivity index (χ2v) is 5.82. The molecule has 1 heterocycles. The van der Waals surface area contributed by atoms with Crippen molar-refractivity contribution in [2.45, 2.75) is 51.5 Å². The van der Waals surface area contributed by atoms with E-state index in [9.17, 15) is 9.90 Å². The summed E-state index contributed by atoms with van der Waals surface area (Å²) >= 11 is 0. The van der Waals surface area contributed by atoms with Crippen molar-refractivity contribution in [2.24, 2.45) is 0 Å². The van der Waals surface area contributed by atoms with Gasteiger partial charge in [-0.3, -0.25) is 4.79 Å². The van der Waals surface area contributed by atoms with Gasteiger partial charge in [-0.1, -0.05) is 12.1 Å². The molecule has 5 heteroatoms. The Morgan fingerprint density at radius 3 is 2.52 bits per heavy atom. The van der Waals surface area contributed by atoms with Crippen molar-refractivity contribution in [3.63, 3.8) is 0 Å². The zero-order valence-electron chi connectivity index (χ0n) is 12.8. The summed E-state index contributed by atoms with van der Waals surface area (Å²) in [6.07, 6.45) is 0.191. The number of amides is 1. The smallest absolute Gasteiger partial charge is 0.237 e. The van der Waals surface area contributed by atoms with E-state index in [2.05, 4.69) is 10.6 Å². The van der Waals surface area contributed by atoms with E-state index in [-0.39, 0.29) is 24.1 Å². The maximum Gasteiger partial charge on any atom is 0.237 e. The molecule has 0 radical (unpaired) electrons. The molecule has 21 heavy (non-hydrogen) atoms. The molecule has 1 aromatic carbocycles. The van der Waals surface area contributed by atoms with Crippen LogP contribution in [0.5, 0.6) is 5.75 Å². The first-order valence-corrected chi connectivity index (χ1v) is 7.44. The van der Waals surface area contributed by atoms with Crippen LogP contribution in [0.1, 0.15) is 38.8 Å². The Morgan fingerprint density at radius 2 is 2.00 bits per heavy atom. The molecule has 0 aliphatic carbocycles. The van der Waals surface area contributed by atoms with E-state index in [4.69, 9.17) is 4.74 Å². The van der Waals surface area contributed by atoms with Crippen LogP contribution in [0.25, 0.3) is 0 Å². The number of ether oxygens (including phenoxy) is 1. The van der Waals surface area contributed by atoms with E-state index >= 15 is 0 Å². The lowest BCUT2D eigenvalue weighted by Gasteiger charge is -2.18. The number of rotatable bonds is 5. The number of nitrogens with one attached hydrogen (secondary N) is 2. The summed E-state index contributed by atoms with van der Waals surface area (Å²) in [6.45, 7) is 6.40. The van der Waals surface area contributed by atoms with Crippen LogP contribution in [0.3, 0.4) is 0 Å². The third-order valence-electron chi connectivity index (χ3n) is 3.53. The van der Waals surface area contributed by atoms with Crippen molar-refractivity contribution in [3.8, 4) is 5.75 Å². The Labute approximate surface area is 125 Å². The van der Waals surface area contributed by atoms with Crippen molar-refractivity contribution < 1.29 is 14.6 Å². The molecule has 3 N–H and O–H groups in total. The summed E-state index contributed by atoms with van der Waals surface area (Å²) in [5.41, 5.74) is 1.03. The molecule has 1 amide bonds. The summed E-state index contributed by atoms with van der Waals surface area (Å²) in [7, 11) is 0. The third-order valence-corrected chi connectivity index (χ3v) is 3.53. The number of β-amino-alcohol motifs (C(OH)–C–C–N with tert-alkyl or cyclic N) is 1. The van der Waals surface area contributed by atoms with E-state index < -0.39 is 6.10 Å². The van der Waals surface area contributed by atoms with Crippen LogP contribution in [0.15, 0.2) is 24.3 Å². The van der Waals surface area contributed by atoms with Crippen molar-refractivity contribution in [2.75, 3.05) is 6.54 Å². The van der Waals surface area contributed by atoms with Gasteiger partial charge in [0.05, 0.1) is 24.3 Å². The highest BCUT2D eigenvalue weighted by Crippen LogP contribution is 2.19. The summed E-state index contributed by atoms with van der Waals surface area (Å²) in [5.74, 6) is 0.759. The largest absolute Gasteiger partial charge is 0.491 e. The van der Waals surface area contributed by atoms with Gasteiger partial charge in [-0.05, 0) is 44.9 Å². The molecule has 1 saturated heterocycles. The molecule has 1 aliphatic heterocycles. The maximum absolute atomic E-state index is 12.1. The fourth-order valence-electron chi connectivity index (χ4n) is 2.42. The second-order valence-electron chi connectivity index (χ2n) is 5.82. The molecular formula is C16H24N2O3. The van der Waals surface area contributed by atoms with Crippen molar-refractivity contribution in [3.05, 3.63) is 29.8 Å². The topological polar surface area (TPSA) is 70.6 Å². The lowest BCUT2D eigenvalue weighted by Crippen LogP contribution is -2.41. The molecule has 2 rings (SSSR count). The molecule has 0 spiro atoms. The number of hydrogen-bond donors (Lipinski definition) is 3. The van der Waals surface area contributed by atoms with E-state index in [1.807, 2.05) is 45.0 Å². The molecule has 1 aromatic rings. The summed E-state index contributed by atoms with van der Waals surface area (Å²) in [6, 6.07) is 7.36. The molecule has 0 saturated carbocycles. The monoisotopic (exact) mass is 292 g/mol. The first kappa shape index (κ1) is 15.8. The van der Waals surface area contributed by atoms with Gasteiger partial charge in [0.1, 0.15) is 5.75 Å². The van der Waals surface area contributed by atoms with E-state index in [0.717, 1.165) is 11.3 Å². The first-order valence-electron chi connectivity index (χ1n) is 7.44.